The first-order chi connectivity index (χ1) is 14.0. The third kappa shape index (κ3) is 2.87. The Kier molecular flexibility index (Phi) is 4.24. The summed E-state index contributed by atoms with van der Waals surface area (Å²) < 4.78 is 6.54. The Morgan fingerprint density at radius 3 is 2.24 bits per heavy atom. The van der Waals surface area contributed by atoms with E-state index in [-0.39, 0.29) is 17.9 Å². The van der Waals surface area contributed by atoms with Gasteiger partial charge >= 0.3 is 0 Å². The van der Waals surface area contributed by atoms with Crippen LogP contribution in [0.1, 0.15) is 54.6 Å². The lowest BCUT2D eigenvalue weighted by Gasteiger charge is -2.38. The summed E-state index contributed by atoms with van der Waals surface area (Å²) in [6, 6.07) is 19.6. The van der Waals surface area contributed by atoms with Gasteiger partial charge in [-0.1, -0.05) is 48.5 Å². The third-order valence-corrected chi connectivity index (χ3v) is 6.79. The van der Waals surface area contributed by atoms with Gasteiger partial charge in [0.25, 0.3) is 11.8 Å². The van der Waals surface area contributed by atoms with Gasteiger partial charge in [-0.3, -0.25) is 9.59 Å². The Hall–Kier alpha value is -2.66. The Bertz CT molecular complexity index is 922. The maximum Gasteiger partial charge on any atom is 0.257 e. The predicted octanol–water partition coefficient (Wildman–Crippen LogP) is 3.77. The second-order valence-electron chi connectivity index (χ2n) is 8.57. The van der Waals surface area contributed by atoms with Gasteiger partial charge in [-0.25, -0.2) is 0 Å². The number of likely N-dealkylation sites (tertiary alicyclic amines) is 1. The van der Waals surface area contributed by atoms with Crippen LogP contribution in [0.2, 0.25) is 0 Å². The van der Waals surface area contributed by atoms with E-state index >= 15 is 0 Å². The summed E-state index contributed by atoms with van der Waals surface area (Å²) in [5.41, 5.74) is 0.513. The van der Waals surface area contributed by atoms with Crippen molar-refractivity contribution in [1.29, 1.82) is 0 Å². The fraction of sp³-hybridized carbons (Fsp3) is 0.417. The number of amides is 2. The quantitative estimate of drug-likeness (QED) is 0.784. The summed E-state index contributed by atoms with van der Waals surface area (Å²) in [5, 5.41) is 0. The molecule has 5 nitrogen and oxygen atoms in total. The van der Waals surface area contributed by atoms with Gasteiger partial charge in [-0.05, 0) is 37.5 Å². The molecule has 5 rings (SSSR count). The second-order valence-corrected chi connectivity index (χ2v) is 8.57. The number of fused-ring (bicyclic) bond motifs is 1. The van der Waals surface area contributed by atoms with E-state index in [0.29, 0.717) is 31.5 Å². The smallest absolute Gasteiger partial charge is 0.257 e. The summed E-state index contributed by atoms with van der Waals surface area (Å²) in [6.45, 7) is 3.13. The zero-order valence-electron chi connectivity index (χ0n) is 16.7. The van der Waals surface area contributed by atoms with Crippen molar-refractivity contribution in [3.05, 3.63) is 71.8 Å². The molecular weight excluding hydrogens is 364 g/mol. The minimum atomic E-state index is -0.796. The lowest BCUT2D eigenvalue weighted by molar-refractivity contribution is -0.148. The van der Waals surface area contributed by atoms with Gasteiger partial charge in [0.2, 0.25) is 0 Å². The molecule has 0 bridgehead atoms. The van der Waals surface area contributed by atoms with Crippen LogP contribution in [0.4, 0.5) is 0 Å². The van der Waals surface area contributed by atoms with Crippen molar-refractivity contribution in [2.45, 2.75) is 50.0 Å². The van der Waals surface area contributed by atoms with Gasteiger partial charge in [0.15, 0.2) is 5.60 Å². The van der Waals surface area contributed by atoms with Crippen LogP contribution in [0.25, 0.3) is 0 Å². The monoisotopic (exact) mass is 390 g/mol. The molecule has 2 amide bonds. The zero-order valence-corrected chi connectivity index (χ0v) is 16.7. The molecule has 0 aromatic heterocycles. The van der Waals surface area contributed by atoms with E-state index < -0.39 is 11.3 Å². The lowest BCUT2D eigenvalue weighted by Crippen LogP contribution is -2.51. The molecule has 2 aromatic rings. The predicted molar refractivity (Wildman–Crippen MR) is 109 cm³/mol. The molecule has 3 saturated heterocycles. The van der Waals surface area contributed by atoms with Crippen LogP contribution < -0.4 is 0 Å². The molecule has 3 heterocycles. The normalized spacial score (nSPS) is 28.0. The van der Waals surface area contributed by atoms with Gasteiger partial charge in [0, 0.05) is 31.5 Å². The summed E-state index contributed by atoms with van der Waals surface area (Å²) in [6.07, 6.45) is 2.86. The Morgan fingerprint density at radius 2 is 1.59 bits per heavy atom. The standard InChI is InChI=1S/C24H26N2O3/c1-23-13-12-20(18-8-4-2-5-9-18)26(23)22(28)24(29-23)14-16-25(17-15-24)21(27)19-10-6-3-7-11-19/h2-11,20H,12-17H2,1H3. The molecule has 150 valence electrons. The molecule has 0 aliphatic carbocycles. The van der Waals surface area contributed by atoms with E-state index in [9.17, 15) is 9.59 Å². The minimum Gasteiger partial charge on any atom is -0.339 e. The number of ether oxygens (including phenoxy) is 1. The van der Waals surface area contributed by atoms with E-state index in [2.05, 4.69) is 12.1 Å². The number of benzene rings is 2. The van der Waals surface area contributed by atoms with E-state index in [1.165, 1.54) is 5.56 Å². The fourth-order valence-electron chi connectivity index (χ4n) is 5.27. The van der Waals surface area contributed by atoms with E-state index in [0.717, 1.165) is 12.8 Å². The first-order valence-electron chi connectivity index (χ1n) is 10.5. The van der Waals surface area contributed by atoms with Gasteiger partial charge < -0.3 is 14.5 Å². The molecule has 0 radical (unpaired) electrons. The Balaban J connectivity index is 1.34. The SMILES string of the molecule is CC12CCC(c3ccccc3)N1C(=O)C1(CCN(C(=O)c3ccccc3)CC1)O2. The van der Waals surface area contributed by atoms with Crippen molar-refractivity contribution in [2.75, 3.05) is 13.1 Å². The van der Waals surface area contributed by atoms with Crippen LogP contribution in [0.15, 0.2) is 60.7 Å². The van der Waals surface area contributed by atoms with E-state index in [4.69, 9.17) is 4.74 Å². The maximum atomic E-state index is 13.6. The molecular formula is C24H26N2O3. The molecule has 2 aromatic carbocycles. The van der Waals surface area contributed by atoms with Crippen LogP contribution in [-0.4, -0.2) is 46.0 Å². The molecule has 1 spiro atoms. The zero-order chi connectivity index (χ0) is 20.1. The number of hydrogen-bond donors (Lipinski definition) is 0. The van der Waals surface area contributed by atoms with E-state index in [1.54, 1.807) is 0 Å². The lowest BCUT2D eigenvalue weighted by atomic mass is 9.89. The minimum absolute atomic E-state index is 0.0276. The van der Waals surface area contributed by atoms with Crippen LogP contribution in [0, 0.1) is 0 Å². The van der Waals surface area contributed by atoms with Crippen LogP contribution >= 0.6 is 0 Å². The Labute approximate surface area is 171 Å². The second kappa shape index (κ2) is 6.70. The largest absolute Gasteiger partial charge is 0.339 e. The highest BCUT2D eigenvalue weighted by molar-refractivity contribution is 5.95. The maximum absolute atomic E-state index is 13.6. The molecule has 29 heavy (non-hydrogen) atoms. The van der Waals surface area contributed by atoms with Gasteiger partial charge in [-0.2, -0.15) is 0 Å². The number of hydrogen-bond acceptors (Lipinski definition) is 3. The van der Waals surface area contributed by atoms with Crippen molar-refractivity contribution >= 4 is 11.8 Å². The van der Waals surface area contributed by atoms with Gasteiger partial charge in [0.05, 0.1) is 6.04 Å². The van der Waals surface area contributed by atoms with E-state index in [1.807, 2.05) is 65.3 Å². The topological polar surface area (TPSA) is 49.9 Å². The molecule has 2 atom stereocenters. The summed E-state index contributed by atoms with van der Waals surface area (Å²) in [7, 11) is 0. The average Bonchev–Trinajstić information content (AvgIpc) is 3.20. The number of carbonyl (C=O) groups excluding carboxylic acids is 2. The average molecular weight is 390 g/mol. The molecule has 2 unspecified atom stereocenters. The summed E-state index contributed by atoms with van der Waals surface area (Å²) >= 11 is 0. The first kappa shape index (κ1) is 18.4. The van der Waals surface area contributed by atoms with Crippen molar-refractivity contribution in [2.24, 2.45) is 0 Å². The third-order valence-electron chi connectivity index (χ3n) is 6.79. The number of rotatable bonds is 2. The fourth-order valence-corrected chi connectivity index (χ4v) is 5.27. The molecule has 3 aliphatic heterocycles. The van der Waals surface area contributed by atoms with Crippen molar-refractivity contribution in [3.8, 4) is 0 Å². The molecule has 0 N–H and O–H groups in total. The Morgan fingerprint density at radius 1 is 0.966 bits per heavy atom. The van der Waals surface area contributed by atoms with Crippen LogP contribution in [-0.2, 0) is 9.53 Å². The molecule has 0 saturated carbocycles. The van der Waals surface area contributed by atoms with Crippen LogP contribution in [0.5, 0.6) is 0 Å². The first-order valence-corrected chi connectivity index (χ1v) is 10.5. The number of nitrogens with zero attached hydrogens (tertiary/aromatic N) is 2. The highest BCUT2D eigenvalue weighted by Gasteiger charge is 2.63. The van der Waals surface area contributed by atoms with Gasteiger partial charge in [0.1, 0.15) is 5.72 Å². The van der Waals surface area contributed by atoms with Crippen molar-refractivity contribution < 1.29 is 14.3 Å². The van der Waals surface area contributed by atoms with Crippen LogP contribution in [0.3, 0.4) is 0 Å². The summed E-state index contributed by atoms with van der Waals surface area (Å²) in [5.74, 6) is 0.123. The highest BCUT2D eigenvalue weighted by Crippen LogP contribution is 2.53. The van der Waals surface area contributed by atoms with Crippen molar-refractivity contribution in [3.63, 3.8) is 0 Å². The van der Waals surface area contributed by atoms with Gasteiger partial charge in [-0.15, -0.1) is 0 Å². The molecule has 3 aliphatic rings. The molecule has 5 heteroatoms. The molecule has 3 fully saturated rings. The summed E-state index contributed by atoms with van der Waals surface area (Å²) in [4.78, 5) is 30.2. The number of carbonyl (C=O) groups is 2. The van der Waals surface area contributed by atoms with Crippen molar-refractivity contribution in [1.82, 2.24) is 9.80 Å². The number of piperidine rings is 1. The highest BCUT2D eigenvalue weighted by atomic mass is 16.6.